The van der Waals surface area contributed by atoms with E-state index in [0.29, 0.717) is 10.8 Å². The molecule has 0 saturated heterocycles. The minimum Gasteiger partial charge on any atom is -0.387 e. The third-order valence-corrected chi connectivity index (χ3v) is 4.56. The van der Waals surface area contributed by atoms with E-state index in [1.54, 1.807) is 25.4 Å². The van der Waals surface area contributed by atoms with E-state index in [1.807, 2.05) is 0 Å². The lowest BCUT2D eigenvalue weighted by atomic mass is 10.4. The van der Waals surface area contributed by atoms with Gasteiger partial charge in [-0.25, -0.2) is 13.4 Å². The summed E-state index contributed by atoms with van der Waals surface area (Å²) < 4.78 is 26.8. The Bertz CT molecular complexity index is 651. The molecule has 0 radical (unpaired) electrons. The van der Waals surface area contributed by atoms with Crippen LogP contribution in [0.15, 0.2) is 28.7 Å². The predicted molar refractivity (Wildman–Crippen MR) is 71.4 cm³/mol. The molecule has 0 atom stereocenters. The predicted octanol–water partition coefficient (Wildman–Crippen LogP) is 1.69. The van der Waals surface area contributed by atoms with Crippen molar-refractivity contribution in [3.8, 4) is 0 Å². The Kier molecular flexibility index (Phi) is 3.48. The summed E-state index contributed by atoms with van der Waals surface area (Å²) in [5.74, 6) is 0. The van der Waals surface area contributed by atoms with Crippen molar-refractivity contribution >= 4 is 32.2 Å². The van der Waals surface area contributed by atoms with E-state index in [-0.39, 0.29) is 4.90 Å². The fourth-order valence-corrected chi connectivity index (χ4v) is 3.47. The fraction of sp³-hybridized carbons (Fsp3) is 0.200. The Balaban J connectivity index is 2.36. The molecule has 96 valence electrons. The summed E-state index contributed by atoms with van der Waals surface area (Å²) >= 11 is 1.24. The van der Waals surface area contributed by atoms with E-state index >= 15 is 0 Å². The van der Waals surface area contributed by atoms with Crippen molar-refractivity contribution in [2.75, 3.05) is 17.1 Å². The van der Waals surface area contributed by atoms with Crippen molar-refractivity contribution < 1.29 is 8.42 Å². The highest BCUT2D eigenvalue weighted by Gasteiger charge is 2.19. The summed E-state index contributed by atoms with van der Waals surface area (Å²) in [6.45, 7) is 1.80. The summed E-state index contributed by atoms with van der Waals surface area (Å²) in [5, 5.41) is 4.94. The number of aryl methyl sites for hydroxylation is 1. The highest BCUT2D eigenvalue weighted by atomic mass is 32.2. The molecule has 2 aromatic rings. The maximum atomic E-state index is 12.2. The van der Waals surface area contributed by atoms with Gasteiger partial charge in [0.15, 0.2) is 5.13 Å². The second-order valence-corrected chi connectivity index (χ2v) is 6.03. The lowest BCUT2D eigenvalue weighted by Crippen LogP contribution is -2.15. The third kappa shape index (κ3) is 2.59. The normalized spacial score (nSPS) is 11.2. The van der Waals surface area contributed by atoms with Gasteiger partial charge in [0, 0.05) is 24.8 Å². The van der Waals surface area contributed by atoms with E-state index in [9.17, 15) is 8.42 Å². The van der Waals surface area contributed by atoms with E-state index < -0.39 is 10.0 Å². The van der Waals surface area contributed by atoms with Crippen molar-refractivity contribution in [2.45, 2.75) is 11.8 Å². The Hall–Kier alpha value is -1.67. The van der Waals surface area contributed by atoms with Crippen LogP contribution in [0.5, 0.6) is 0 Å². The van der Waals surface area contributed by atoms with Gasteiger partial charge in [-0.2, -0.15) is 0 Å². The van der Waals surface area contributed by atoms with E-state index in [4.69, 9.17) is 0 Å². The largest absolute Gasteiger partial charge is 0.387 e. The zero-order valence-corrected chi connectivity index (χ0v) is 11.5. The van der Waals surface area contributed by atoms with Crippen LogP contribution in [0.25, 0.3) is 0 Å². The van der Waals surface area contributed by atoms with Crippen LogP contribution in [-0.4, -0.2) is 25.4 Å². The minimum atomic E-state index is -3.67. The molecule has 0 aliphatic carbocycles. The number of hydrogen-bond donors (Lipinski definition) is 2. The zero-order chi connectivity index (χ0) is 13.2. The van der Waals surface area contributed by atoms with Gasteiger partial charge < -0.3 is 5.32 Å². The topological polar surface area (TPSA) is 84.0 Å². The van der Waals surface area contributed by atoms with Crippen LogP contribution in [0.1, 0.15) is 5.69 Å². The number of thiazole rings is 1. The first kappa shape index (κ1) is 12.8. The molecule has 0 aliphatic rings. The summed E-state index contributed by atoms with van der Waals surface area (Å²) in [5.41, 5.74) is 1.27. The van der Waals surface area contributed by atoms with Gasteiger partial charge in [0.05, 0.1) is 11.4 Å². The molecule has 0 aromatic carbocycles. The van der Waals surface area contributed by atoms with Gasteiger partial charge in [-0.05, 0) is 13.0 Å². The van der Waals surface area contributed by atoms with Crippen LogP contribution in [0, 0.1) is 6.92 Å². The van der Waals surface area contributed by atoms with Gasteiger partial charge in [0.25, 0.3) is 10.0 Å². The summed E-state index contributed by atoms with van der Waals surface area (Å²) in [4.78, 5) is 7.99. The first-order chi connectivity index (χ1) is 8.53. The molecule has 2 N–H and O–H groups in total. The highest BCUT2D eigenvalue weighted by Crippen LogP contribution is 2.23. The van der Waals surface area contributed by atoms with Gasteiger partial charge in [0.2, 0.25) is 0 Å². The number of pyridine rings is 1. The SMILES string of the molecule is CNc1ccncc1S(=O)(=O)Nc1nc(C)cs1. The molecule has 0 saturated carbocycles. The maximum absolute atomic E-state index is 12.2. The van der Waals surface area contributed by atoms with Gasteiger partial charge in [0.1, 0.15) is 4.90 Å². The molecule has 8 heteroatoms. The lowest BCUT2D eigenvalue weighted by molar-refractivity contribution is 0.601. The molecule has 0 spiro atoms. The number of hydrogen-bond acceptors (Lipinski definition) is 6. The second kappa shape index (κ2) is 4.91. The summed E-state index contributed by atoms with van der Waals surface area (Å²) in [6.07, 6.45) is 2.83. The van der Waals surface area contributed by atoms with Crippen LogP contribution in [0.2, 0.25) is 0 Å². The van der Waals surface area contributed by atoms with Crippen molar-refractivity contribution in [1.29, 1.82) is 0 Å². The molecule has 0 unspecified atom stereocenters. The van der Waals surface area contributed by atoms with E-state index in [0.717, 1.165) is 5.69 Å². The molecule has 6 nitrogen and oxygen atoms in total. The molecular formula is C10H12N4O2S2. The van der Waals surface area contributed by atoms with Crippen molar-refractivity contribution in [3.63, 3.8) is 0 Å². The average Bonchev–Trinajstić information content (AvgIpc) is 2.74. The number of sulfonamides is 1. The van der Waals surface area contributed by atoms with Crippen LogP contribution in [0.4, 0.5) is 10.8 Å². The van der Waals surface area contributed by atoms with Crippen molar-refractivity contribution in [1.82, 2.24) is 9.97 Å². The van der Waals surface area contributed by atoms with Gasteiger partial charge in [-0.3, -0.25) is 9.71 Å². The molecule has 0 bridgehead atoms. The molecule has 2 aromatic heterocycles. The fourth-order valence-electron chi connectivity index (χ4n) is 1.37. The van der Waals surface area contributed by atoms with Crippen LogP contribution in [0.3, 0.4) is 0 Å². The first-order valence-corrected chi connectivity index (χ1v) is 7.46. The molecule has 18 heavy (non-hydrogen) atoms. The molecule has 2 heterocycles. The van der Waals surface area contributed by atoms with Crippen molar-refractivity contribution in [3.05, 3.63) is 29.5 Å². The van der Waals surface area contributed by atoms with Gasteiger partial charge in [-0.15, -0.1) is 11.3 Å². The molecule has 0 amide bonds. The number of anilines is 2. The van der Waals surface area contributed by atoms with E-state index in [2.05, 4.69) is 20.0 Å². The summed E-state index contributed by atoms with van der Waals surface area (Å²) in [7, 11) is -2.02. The van der Waals surface area contributed by atoms with Gasteiger partial charge in [-0.1, -0.05) is 0 Å². The number of aromatic nitrogens is 2. The quantitative estimate of drug-likeness (QED) is 0.892. The smallest absolute Gasteiger partial charge is 0.267 e. The number of rotatable bonds is 4. The Morgan fingerprint density at radius 3 is 2.78 bits per heavy atom. The van der Waals surface area contributed by atoms with Crippen molar-refractivity contribution in [2.24, 2.45) is 0 Å². The monoisotopic (exact) mass is 284 g/mol. The standard InChI is InChI=1S/C10H12N4O2S2/c1-7-6-17-10(13-7)14-18(15,16)9-5-12-4-3-8(9)11-2/h3-6H,1-2H3,(H,11,12)(H,13,14). The second-order valence-electron chi connectivity index (χ2n) is 3.52. The Labute approximate surface area is 109 Å². The molecular weight excluding hydrogens is 272 g/mol. The minimum absolute atomic E-state index is 0.0975. The maximum Gasteiger partial charge on any atom is 0.267 e. The first-order valence-electron chi connectivity index (χ1n) is 5.09. The number of nitrogens with zero attached hydrogens (tertiary/aromatic N) is 2. The Morgan fingerprint density at radius 1 is 1.39 bits per heavy atom. The van der Waals surface area contributed by atoms with Crippen LogP contribution >= 0.6 is 11.3 Å². The van der Waals surface area contributed by atoms with Gasteiger partial charge >= 0.3 is 0 Å². The highest BCUT2D eigenvalue weighted by molar-refractivity contribution is 7.93. The van der Waals surface area contributed by atoms with E-state index in [1.165, 1.54) is 23.7 Å². The average molecular weight is 284 g/mol. The molecule has 0 fully saturated rings. The zero-order valence-electron chi connectivity index (χ0n) is 9.84. The Morgan fingerprint density at radius 2 is 2.17 bits per heavy atom. The summed E-state index contributed by atoms with van der Waals surface area (Å²) in [6, 6.07) is 1.60. The lowest BCUT2D eigenvalue weighted by Gasteiger charge is -2.09. The van der Waals surface area contributed by atoms with Crippen LogP contribution < -0.4 is 10.0 Å². The third-order valence-electron chi connectivity index (χ3n) is 2.18. The number of nitrogens with one attached hydrogen (secondary N) is 2. The molecule has 0 aliphatic heterocycles. The van der Waals surface area contributed by atoms with Crippen LogP contribution in [-0.2, 0) is 10.0 Å². The molecule has 2 rings (SSSR count).